The van der Waals surface area contributed by atoms with Crippen molar-refractivity contribution in [2.45, 2.75) is 26.5 Å². The maximum atomic E-state index is 6.18. The van der Waals surface area contributed by atoms with Crippen LogP contribution in [0.2, 0.25) is 5.02 Å². The predicted octanol–water partition coefficient (Wildman–Crippen LogP) is 5.56. The van der Waals surface area contributed by atoms with E-state index in [1.807, 2.05) is 24.3 Å². The SMILES string of the molecule is Cc1ccc(COc2ccc(Cl)cc2CNCCc2ccccc2)cc1. The molecule has 3 aromatic carbocycles. The lowest BCUT2D eigenvalue weighted by Gasteiger charge is -2.13. The summed E-state index contributed by atoms with van der Waals surface area (Å²) in [7, 11) is 0. The van der Waals surface area contributed by atoms with E-state index in [0.717, 1.165) is 41.4 Å². The quantitative estimate of drug-likeness (QED) is 0.527. The topological polar surface area (TPSA) is 21.3 Å². The maximum absolute atomic E-state index is 6.18. The molecular formula is C23H24ClNO. The van der Waals surface area contributed by atoms with Crippen molar-refractivity contribution in [2.75, 3.05) is 6.54 Å². The smallest absolute Gasteiger partial charge is 0.124 e. The first kappa shape index (κ1) is 18.5. The van der Waals surface area contributed by atoms with Gasteiger partial charge in [-0.15, -0.1) is 0 Å². The molecule has 3 aromatic rings. The number of benzene rings is 3. The Kier molecular flexibility index (Phi) is 6.70. The Labute approximate surface area is 160 Å². The standard InChI is InChI=1S/C23H24ClNO/c1-18-7-9-20(10-8-18)17-26-23-12-11-22(24)15-21(23)16-25-14-13-19-5-3-2-4-6-19/h2-12,15,25H,13-14,16-17H2,1H3. The summed E-state index contributed by atoms with van der Waals surface area (Å²) in [6.45, 7) is 4.28. The zero-order valence-corrected chi connectivity index (χ0v) is 15.8. The van der Waals surface area contributed by atoms with Gasteiger partial charge in [-0.3, -0.25) is 0 Å². The van der Waals surface area contributed by atoms with Crippen LogP contribution >= 0.6 is 11.6 Å². The van der Waals surface area contributed by atoms with Crippen molar-refractivity contribution < 1.29 is 4.74 Å². The highest BCUT2D eigenvalue weighted by Gasteiger charge is 2.06. The summed E-state index contributed by atoms with van der Waals surface area (Å²) in [5.74, 6) is 0.877. The van der Waals surface area contributed by atoms with Gasteiger partial charge in [0.1, 0.15) is 12.4 Å². The summed E-state index contributed by atoms with van der Waals surface area (Å²) in [6, 6.07) is 24.7. The summed E-state index contributed by atoms with van der Waals surface area (Å²) in [5.41, 5.74) is 4.83. The van der Waals surface area contributed by atoms with Gasteiger partial charge in [-0.25, -0.2) is 0 Å². The van der Waals surface area contributed by atoms with Gasteiger partial charge in [-0.1, -0.05) is 71.8 Å². The van der Waals surface area contributed by atoms with Crippen LogP contribution in [-0.2, 0) is 19.6 Å². The van der Waals surface area contributed by atoms with Crippen molar-refractivity contribution in [2.24, 2.45) is 0 Å². The molecule has 0 fully saturated rings. The Morgan fingerprint density at radius 1 is 0.885 bits per heavy atom. The molecule has 3 heteroatoms. The summed E-state index contributed by atoms with van der Waals surface area (Å²) in [6.07, 6.45) is 1.00. The van der Waals surface area contributed by atoms with Crippen LogP contribution in [0.15, 0.2) is 72.8 Å². The van der Waals surface area contributed by atoms with E-state index in [4.69, 9.17) is 16.3 Å². The number of ether oxygens (including phenoxy) is 1. The van der Waals surface area contributed by atoms with E-state index in [1.165, 1.54) is 11.1 Å². The molecule has 0 heterocycles. The van der Waals surface area contributed by atoms with Crippen LogP contribution in [0.3, 0.4) is 0 Å². The fourth-order valence-electron chi connectivity index (χ4n) is 2.77. The number of aryl methyl sites for hydroxylation is 1. The molecule has 0 aliphatic carbocycles. The van der Waals surface area contributed by atoms with E-state index < -0.39 is 0 Å². The normalized spacial score (nSPS) is 10.7. The second-order valence-electron chi connectivity index (χ2n) is 6.44. The van der Waals surface area contributed by atoms with Crippen LogP contribution in [0.4, 0.5) is 0 Å². The molecule has 0 unspecified atom stereocenters. The van der Waals surface area contributed by atoms with Crippen molar-refractivity contribution in [1.82, 2.24) is 5.32 Å². The lowest BCUT2D eigenvalue weighted by Crippen LogP contribution is -2.17. The second kappa shape index (κ2) is 9.42. The van der Waals surface area contributed by atoms with Crippen molar-refractivity contribution in [1.29, 1.82) is 0 Å². The minimum atomic E-state index is 0.554. The molecule has 3 rings (SSSR count). The molecule has 0 radical (unpaired) electrons. The van der Waals surface area contributed by atoms with E-state index in [9.17, 15) is 0 Å². The van der Waals surface area contributed by atoms with Gasteiger partial charge in [0.2, 0.25) is 0 Å². The number of nitrogens with one attached hydrogen (secondary N) is 1. The Morgan fingerprint density at radius 2 is 1.65 bits per heavy atom. The summed E-state index contributed by atoms with van der Waals surface area (Å²) >= 11 is 6.18. The summed E-state index contributed by atoms with van der Waals surface area (Å²) in [4.78, 5) is 0. The van der Waals surface area contributed by atoms with Gasteiger partial charge in [-0.2, -0.15) is 0 Å². The van der Waals surface area contributed by atoms with Gasteiger partial charge in [0.25, 0.3) is 0 Å². The van der Waals surface area contributed by atoms with Crippen molar-refractivity contribution in [3.05, 3.63) is 100 Å². The van der Waals surface area contributed by atoms with Crippen molar-refractivity contribution in [3.8, 4) is 5.75 Å². The lowest BCUT2D eigenvalue weighted by molar-refractivity contribution is 0.302. The Balaban J connectivity index is 1.56. The Bertz CT molecular complexity index is 815. The van der Waals surface area contributed by atoms with E-state index in [2.05, 4.69) is 60.8 Å². The predicted molar refractivity (Wildman–Crippen MR) is 109 cm³/mol. The summed E-state index contributed by atoms with van der Waals surface area (Å²) < 4.78 is 6.03. The Morgan fingerprint density at radius 3 is 2.42 bits per heavy atom. The second-order valence-corrected chi connectivity index (χ2v) is 6.88. The molecule has 26 heavy (non-hydrogen) atoms. The van der Waals surface area contributed by atoms with E-state index in [0.29, 0.717) is 6.61 Å². The molecule has 0 atom stereocenters. The fourth-order valence-corrected chi connectivity index (χ4v) is 2.97. The third-order valence-electron chi connectivity index (χ3n) is 4.29. The molecule has 2 nitrogen and oxygen atoms in total. The molecule has 0 aliphatic rings. The van der Waals surface area contributed by atoms with Gasteiger partial charge in [0, 0.05) is 17.1 Å². The van der Waals surface area contributed by atoms with Crippen molar-refractivity contribution in [3.63, 3.8) is 0 Å². The molecule has 1 N–H and O–H groups in total. The lowest BCUT2D eigenvalue weighted by atomic mass is 10.1. The maximum Gasteiger partial charge on any atom is 0.124 e. The van der Waals surface area contributed by atoms with Gasteiger partial charge < -0.3 is 10.1 Å². The first-order valence-corrected chi connectivity index (χ1v) is 9.30. The highest BCUT2D eigenvalue weighted by Crippen LogP contribution is 2.24. The fraction of sp³-hybridized carbons (Fsp3) is 0.217. The van der Waals surface area contributed by atoms with Gasteiger partial charge >= 0.3 is 0 Å². The van der Waals surface area contributed by atoms with Crippen LogP contribution in [-0.4, -0.2) is 6.54 Å². The third kappa shape index (κ3) is 5.62. The largest absolute Gasteiger partial charge is 0.489 e. The highest BCUT2D eigenvalue weighted by atomic mass is 35.5. The molecule has 0 amide bonds. The van der Waals surface area contributed by atoms with Gasteiger partial charge in [0.05, 0.1) is 0 Å². The molecule has 0 spiro atoms. The Hall–Kier alpha value is -2.29. The van der Waals surface area contributed by atoms with Crippen LogP contribution in [0.1, 0.15) is 22.3 Å². The molecule has 0 aromatic heterocycles. The number of hydrogen-bond acceptors (Lipinski definition) is 2. The number of hydrogen-bond donors (Lipinski definition) is 1. The van der Waals surface area contributed by atoms with Gasteiger partial charge in [0.15, 0.2) is 0 Å². The molecule has 0 bridgehead atoms. The van der Waals surface area contributed by atoms with Crippen LogP contribution in [0.25, 0.3) is 0 Å². The number of rotatable bonds is 8. The first-order valence-electron chi connectivity index (χ1n) is 8.92. The van der Waals surface area contributed by atoms with E-state index >= 15 is 0 Å². The summed E-state index contributed by atoms with van der Waals surface area (Å²) in [5, 5.41) is 4.21. The molecular weight excluding hydrogens is 342 g/mol. The van der Waals surface area contributed by atoms with Crippen LogP contribution < -0.4 is 10.1 Å². The zero-order chi connectivity index (χ0) is 18.2. The van der Waals surface area contributed by atoms with Crippen molar-refractivity contribution >= 4 is 11.6 Å². The molecule has 134 valence electrons. The third-order valence-corrected chi connectivity index (χ3v) is 4.52. The molecule has 0 saturated carbocycles. The van der Waals surface area contributed by atoms with Crippen LogP contribution in [0, 0.1) is 6.92 Å². The minimum absolute atomic E-state index is 0.554. The van der Waals surface area contributed by atoms with Crippen LogP contribution in [0.5, 0.6) is 5.75 Å². The number of halogens is 1. The average Bonchev–Trinajstić information content (AvgIpc) is 2.67. The monoisotopic (exact) mass is 365 g/mol. The van der Waals surface area contributed by atoms with E-state index in [1.54, 1.807) is 0 Å². The molecule has 0 saturated heterocycles. The zero-order valence-electron chi connectivity index (χ0n) is 15.0. The highest BCUT2D eigenvalue weighted by molar-refractivity contribution is 6.30. The average molecular weight is 366 g/mol. The minimum Gasteiger partial charge on any atom is -0.489 e. The van der Waals surface area contributed by atoms with Gasteiger partial charge in [-0.05, 0) is 49.2 Å². The first-order chi connectivity index (χ1) is 12.7. The molecule has 0 aliphatic heterocycles. The van der Waals surface area contributed by atoms with E-state index in [-0.39, 0.29) is 0 Å².